The Balaban J connectivity index is 0.00000392. The first-order valence-electron chi connectivity index (χ1n) is 8.88. The molecule has 0 saturated heterocycles. The molecular weight excluding hydrogens is 397 g/mol. The summed E-state index contributed by atoms with van der Waals surface area (Å²) in [6.07, 6.45) is -4.15. The molecular formula is C19H28ClF3N2O3. The first kappa shape index (κ1) is 24.5. The van der Waals surface area contributed by atoms with E-state index in [0.29, 0.717) is 18.6 Å². The number of aryl methyl sites for hydroxylation is 1. The topological polar surface area (TPSA) is 73.6 Å². The van der Waals surface area contributed by atoms with Crippen LogP contribution in [0.25, 0.3) is 0 Å². The SMILES string of the molecule is CCOC1CC(N)(C(=O)NCc2ccc(C)cc2OCC(F)(F)F)C1(C)C.Cl. The molecule has 1 aromatic carbocycles. The van der Waals surface area contributed by atoms with E-state index in [2.05, 4.69) is 5.32 Å². The fourth-order valence-corrected chi connectivity index (χ4v) is 3.26. The molecule has 1 aliphatic rings. The number of nitrogens with two attached hydrogens (primary N) is 1. The van der Waals surface area contributed by atoms with E-state index in [9.17, 15) is 18.0 Å². The van der Waals surface area contributed by atoms with Gasteiger partial charge in [0.25, 0.3) is 0 Å². The molecule has 2 rings (SSSR count). The van der Waals surface area contributed by atoms with Crippen molar-refractivity contribution in [2.24, 2.45) is 11.1 Å². The summed E-state index contributed by atoms with van der Waals surface area (Å²) >= 11 is 0. The lowest BCUT2D eigenvalue weighted by Crippen LogP contribution is -2.75. The van der Waals surface area contributed by atoms with E-state index in [1.165, 1.54) is 6.07 Å². The van der Waals surface area contributed by atoms with Crippen LogP contribution in [0.2, 0.25) is 0 Å². The largest absolute Gasteiger partial charge is 0.484 e. The molecule has 2 atom stereocenters. The van der Waals surface area contributed by atoms with Crippen LogP contribution in [-0.4, -0.2) is 36.9 Å². The van der Waals surface area contributed by atoms with Crippen molar-refractivity contribution in [1.29, 1.82) is 0 Å². The summed E-state index contributed by atoms with van der Waals surface area (Å²) in [5.41, 5.74) is 5.90. The van der Waals surface area contributed by atoms with Crippen LogP contribution in [0.3, 0.4) is 0 Å². The third-order valence-electron chi connectivity index (χ3n) is 5.29. The quantitative estimate of drug-likeness (QED) is 0.702. The van der Waals surface area contributed by atoms with E-state index < -0.39 is 23.7 Å². The molecule has 0 spiro atoms. The van der Waals surface area contributed by atoms with Gasteiger partial charge in [0.2, 0.25) is 5.91 Å². The number of alkyl halides is 3. The standard InChI is InChI=1S/C19H27F3N2O3.ClH/c1-5-26-15-9-18(23,17(15,3)4)16(25)24-10-13-7-6-12(2)8-14(13)27-11-19(20,21)22;/h6-8,15H,5,9-11,23H2,1-4H3,(H,24,25);1H. The van der Waals surface area contributed by atoms with Gasteiger partial charge in [-0.1, -0.05) is 26.0 Å². The van der Waals surface area contributed by atoms with Crippen molar-refractivity contribution in [2.75, 3.05) is 13.2 Å². The summed E-state index contributed by atoms with van der Waals surface area (Å²) in [7, 11) is 0. The van der Waals surface area contributed by atoms with Gasteiger partial charge in [-0.25, -0.2) is 0 Å². The first-order chi connectivity index (χ1) is 12.4. The van der Waals surface area contributed by atoms with Gasteiger partial charge in [-0.05, 0) is 25.5 Å². The Morgan fingerprint density at radius 3 is 2.54 bits per heavy atom. The van der Waals surface area contributed by atoms with Crippen molar-refractivity contribution in [1.82, 2.24) is 5.32 Å². The minimum atomic E-state index is -4.43. The summed E-state index contributed by atoms with van der Waals surface area (Å²) in [6.45, 7) is 6.56. The maximum absolute atomic E-state index is 12.7. The minimum Gasteiger partial charge on any atom is -0.484 e. The fraction of sp³-hybridized carbons (Fsp3) is 0.632. The van der Waals surface area contributed by atoms with Gasteiger partial charge in [-0.3, -0.25) is 4.79 Å². The van der Waals surface area contributed by atoms with Gasteiger partial charge >= 0.3 is 6.18 Å². The fourth-order valence-electron chi connectivity index (χ4n) is 3.26. The third kappa shape index (κ3) is 5.10. The Morgan fingerprint density at radius 2 is 2.00 bits per heavy atom. The highest BCUT2D eigenvalue weighted by Crippen LogP contribution is 2.49. The van der Waals surface area contributed by atoms with Crippen molar-refractivity contribution in [2.45, 2.75) is 58.5 Å². The van der Waals surface area contributed by atoms with Gasteiger partial charge in [-0.2, -0.15) is 13.2 Å². The molecule has 1 fully saturated rings. The normalized spacial score (nSPS) is 23.4. The molecule has 1 aliphatic carbocycles. The minimum absolute atomic E-state index is 0. The lowest BCUT2D eigenvalue weighted by molar-refractivity contribution is -0.170. The number of amides is 1. The number of carbonyl (C=O) groups is 1. The molecule has 3 N–H and O–H groups in total. The molecule has 160 valence electrons. The zero-order valence-corrected chi connectivity index (χ0v) is 17.3. The summed E-state index contributed by atoms with van der Waals surface area (Å²) in [4.78, 5) is 12.7. The number of hydrogen-bond donors (Lipinski definition) is 2. The average Bonchev–Trinajstić information content (AvgIpc) is 2.57. The van der Waals surface area contributed by atoms with Gasteiger partial charge in [-0.15, -0.1) is 12.4 Å². The summed E-state index contributed by atoms with van der Waals surface area (Å²) in [5.74, 6) is -0.260. The van der Waals surface area contributed by atoms with Crippen LogP contribution < -0.4 is 15.8 Å². The molecule has 28 heavy (non-hydrogen) atoms. The monoisotopic (exact) mass is 424 g/mol. The maximum Gasteiger partial charge on any atom is 0.422 e. The van der Waals surface area contributed by atoms with Crippen molar-refractivity contribution in [3.8, 4) is 5.75 Å². The van der Waals surface area contributed by atoms with Crippen LogP contribution in [-0.2, 0) is 16.1 Å². The molecule has 0 aromatic heterocycles. The second-order valence-corrected chi connectivity index (χ2v) is 7.54. The lowest BCUT2D eigenvalue weighted by Gasteiger charge is -2.57. The Hall–Kier alpha value is -1.51. The Labute approximate surface area is 169 Å². The van der Waals surface area contributed by atoms with Crippen LogP contribution in [0.4, 0.5) is 13.2 Å². The van der Waals surface area contributed by atoms with Crippen molar-refractivity contribution < 1.29 is 27.4 Å². The number of rotatable bonds is 7. The van der Waals surface area contributed by atoms with Gasteiger partial charge in [0, 0.05) is 30.6 Å². The number of hydrogen-bond acceptors (Lipinski definition) is 4. The summed E-state index contributed by atoms with van der Waals surface area (Å²) < 4.78 is 47.9. The number of benzene rings is 1. The Bertz CT molecular complexity index is 697. The van der Waals surface area contributed by atoms with Gasteiger partial charge in [0.1, 0.15) is 11.3 Å². The molecule has 0 heterocycles. The van der Waals surface area contributed by atoms with Crippen LogP contribution in [0, 0.1) is 12.3 Å². The molecule has 0 radical (unpaired) electrons. The highest BCUT2D eigenvalue weighted by molar-refractivity contribution is 5.88. The van der Waals surface area contributed by atoms with Gasteiger partial charge in [0.05, 0.1) is 6.10 Å². The average molecular weight is 425 g/mol. The third-order valence-corrected chi connectivity index (χ3v) is 5.29. The van der Waals surface area contributed by atoms with E-state index in [-0.39, 0.29) is 36.7 Å². The van der Waals surface area contributed by atoms with Crippen molar-refractivity contribution >= 4 is 18.3 Å². The van der Waals surface area contributed by atoms with E-state index in [4.69, 9.17) is 15.2 Å². The van der Waals surface area contributed by atoms with Crippen LogP contribution in [0.1, 0.15) is 38.3 Å². The van der Waals surface area contributed by atoms with Crippen LogP contribution in [0.15, 0.2) is 18.2 Å². The number of halogens is 4. The van der Waals surface area contributed by atoms with Crippen molar-refractivity contribution in [3.63, 3.8) is 0 Å². The molecule has 1 amide bonds. The van der Waals surface area contributed by atoms with Crippen LogP contribution >= 0.6 is 12.4 Å². The number of carbonyl (C=O) groups excluding carboxylic acids is 1. The molecule has 1 saturated carbocycles. The molecule has 0 aliphatic heterocycles. The molecule has 5 nitrogen and oxygen atoms in total. The maximum atomic E-state index is 12.7. The van der Waals surface area contributed by atoms with Gasteiger partial charge < -0.3 is 20.5 Å². The molecule has 2 unspecified atom stereocenters. The zero-order chi connectivity index (χ0) is 20.5. The van der Waals surface area contributed by atoms with E-state index in [1.54, 1.807) is 19.1 Å². The molecule has 1 aromatic rings. The molecule has 0 bridgehead atoms. The highest BCUT2D eigenvalue weighted by Gasteiger charge is 2.62. The smallest absolute Gasteiger partial charge is 0.422 e. The van der Waals surface area contributed by atoms with Crippen LogP contribution in [0.5, 0.6) is 5.75 Å². The Morgan fingerprint density at radius 1 is 1.36 bits per heavy atom. The van der Waals surface area contributed by atoms with E-state index in [1.807, 2.05) is 20.8 Å². The van der Waals surface area contributed by atoms with E-state index >= 15 is 0 Å². The Kier molecular flexibility index (Phi) is 7.78. The van der Waals surface area contributed by atoms with E-state index in [0.717, 1.165) is 5.56 Å². The number of ether oxygens (including phenoxy) is 2. The predicted octanol–water partition coefficient (Wildman–Crippen LogP) is 3.51. The molecule has 9 heteroatoms. The second kappa shape index (κ2) is 8.88. The van der Waals surface area contributed by atoms with Crippen molar-refractivity contribution in [3.05, 3.63) is 29.3 Å². The number of nitrogens with one attached hydrogen (secondary N) is 1. The summed E-state index contributed by atoms with van der Waals surface area (Å²) in [5, 5.41) is 2.74. The zero-order valence-electron chi connectivity index (χ0n) is 16.5. The second-order valence-electron chi connectivity index (χ2n) is 7.54. The first-order valence-corrected chi connectivity index (χ1v) is 8.88. The summed E-state index contributed by atoms with van der Waals surface area (Å²) in [6, 6.07) is 4.90. The predicted molar refractivity (Wildman–Crippen MR) is 103 cm³/mol. The lowest BCUT2D eigenvalue weighted by atomic mass is 9.54. The van der Waals surface area contributed by atoms with Gasteiger partial charge in [0.15, 0.2) is 6.61 Å². The highest BCUT2D eigenvalue weighted by atomic mass is 35.5.